The smallest absolute Gasteiger partial charge is 0.142 e. The first-order valence-electron chi connectivity index (χ1n) is 8.13. The largest absolute Gasteiger partial charge is 0.378 e. The minimum absolute atomic E-state index is 0.801. The van der Waals surface area contributed by atoms with Gasteiger partial charge < -0.3 is 15.0 Å². The van der Waals surface area contributed by atoms with E-state index in [2.05, 4.69) is 58.3 Å². The minimum atomic E-state index is 0.801. The molecule has 24 heavy (non-hydrogen) atoms. The summed E-state index contributed by atoms with van der Waals surface area (Å²) in [5, 5.41) is 4.57. The van der Waals surface area contributed by atoms with Crippen LogP contribution in [-0.2, 0) is 4.74 Å². The Labute approximate surface area is 145 Å². The topological polar surface area (TPSA) is 50.3 Å². The van der Waals surface area contributed by atoms with Crippen LogP contribution in [0.25, 0.3) is 10.2 Å². The van der Waals surface area contributed by atoms with Crippen LogP contribution in [0, 0.1) is 13.8 Å². The zero-order valence-corrected chi connectivity index (χ0v) is 14.7. The number of rotatable bonds is 3. The highest BCUT2D eigenvalue weighted by atomic mass is 32.1. The van der Waals surface area contributed by atoms with Gasteiger partial charge in [0, 0.05) is 29.3 Å². The van der Waals surface area contributed by atoms with Crippen molar-refractivity contribution >= 4 is 38.7 Å². The summed E-state index contributed by atoms with van der Waals surface area (Å²) in [5.74, 6) is 0.876. The molecule has 1 aromatic carbocycles. The molecule has 0 saturated carbocycles. The number of hydrogen-bond donors (Lipinski definition) is 1. The third-order valence-electron chi connectivity index (χ3n) is 4.47. The fourth-order valence-corrected chi connectivity index (χ4v) is 3.99. The second-order valence-corrected chi connectivity index (χ2v) is 7.16. The average Bonchev–Trinajstić information content (AvgIpc) is 2.92. The predicted octanol–water partition coefficient (Wildman–Crippen LogP) is 3.89. The van der Waals surface area contributed by atoms with Gasteiger partial charge in [0.15, 0.2) is 0 Å². The molecular weight excluding hydrogens is 320 g/mol. The second-order valence-electron chi connectivity index (χ2n) is 5.96. The van der Waals surface area contributed by atoms with Gasteiger partial charge in [-0.25, -0.2) is 9.97 Å². The van der Waals surface area contributed by atoms with Crippen LogP contribution >= 0.6 is 11.3 Å². The molecule has 1 fully saturated rings. The number of thiophene rings is 1. The van der Waals surface area contributed by atoms with Gasteiger partial charge in [-0.15, -0.1) is 11.3 Å². The first-order chi connectivity index (χ1) is 11.7. The molecule has 0 amide bonds. The third kappa shape index (κ3) is 2.83. The Morgan fingerprint density at radius 1 is 1.08 bits per heavy atom. The molecule has 124 valence electrons. The van der Waals surface area contributed by atoms with E-state index in [1.54, 1.807) is 17.7 Å². The molecule has 1 aliphatic heterocycles. The number of aryl methyl sites for hydroxylation is 2. The van der Waals surface area contributed by atoms with E-state index in [0.717, 1.165) is 48.0 Å². The standard InChI is InChI=1S/C18H20N4OS/c1-12-13(2)24-18-16(12)17(19-11-20-18)21-14-3-5-15(6-4-14)22-7-9-23-10-8-22/h3-6,11H,7-10H2,1-2H3,(H,19,20,21). The van der Waals surface area contributed by atoms with Crippen molar-refractivity contribution in [1.29, 1.82) is 0 Å². The van der Waals surface area contributed by atoms with Crippen molar-refractivity contribution in [3.05, 3.63) is 41.0 Å². The van der Waals surface area contributed by atoms with Crippen molar-refractivity contribution in [2.45, 2.75) is 13.8 Å². The lowest BCUT2D eigenvalue weighted by Gasteiger charge is -2.28. The van der Waals surface area contributed by atoms with Crippen LogP contribution in [0.5, 0.6) is 0 Å². The minimum Gasteiger partial charge on any atom is -0.378 e. The molecule has 0 spiro atoms. The number of hydrogen-bond acceptors (Lipinski definition) is 6. The molecule has 3 heterocycles. The number of ether oxygens (including phenoxy) is 1. The predicted molar refractivity (Wildman–Crippen MR) is 99.6 cm³/mol. The third-order valence-corrected chi connectivity index (χ3v) is 5.59. The van der Waals surface area contributed by atoms with Gasteiger partial charge in [0.2, 0.25) is 0 Å². The van der Waals surface area contributed by atoms with Crippen molar-refractivity contribution in [1.82, 2.24) is 9.97 Å². The summed E-state index contributed by atoms with van der Waals surface area (Å²) in [6.45, 7) is 7.76. The highest BCUT2D eigenvalue weighted by Crippen LogP contribution is 2.34. The molecule has 5 nitrogen and oxygen atoms in total. The summed E-state index contributed by atoms with van der Waals surface area (Å²) in [6.07, 6.45) is 1.63. The molecule has 1 saturated heterocycles. The molecular formula is C18H20N4OS. The number of benzene rings is 1. The van der Waals surface area contributed by atoms with Gasteiger partial charge in [-0.3, -0.25) is 0 Å². The fraction of sp³-hybridized carbons (Fsp3) is 0.333. The Balaban J connectivity index is 1.59. The van der Waals surface area contributed by atoms with Crippen LogP contribution in [0.3, 0.4) is 0 Å². The van der Waals surface area contributed by atoms with Gasteiger partial charge in [-0.1, -0.05) is 0 Å². The molecule has 0 unspecified atom stereocenters. The zero-order valence-electron chi connectivity index (χ0n) is 13.9. The summed E-state index contributed by atoms with van der Waals surface area (Å²) in [5.41, 5.74) is 3.53. The van der Waals surface area contributed by atoms with E-state index in [1.807, 2.05) is 0 Å². The van der Waals surface area contributed by atoms with Gasteiger partial charge in [0.25, 0.3) is 0 Å². The molecule has 0 bridgehead atoms. The first kappa shape index (κ1) is 15.4. The van der Waals surface area contributed by atoms with E-state index in [1.165, 1.54) is 16.1 Å². The molecule has 3 aromatic rings. The summed E-state index contributed by atoms with van der Waals surface area (Å²) < 4.78 is 5.41. The normalized spacial score (nSPS) is 15.0. The summed E-state index contributed by atoms with van der Waals surface area (Å²) in [4.78, 5) is 13.5. The Morgan fingerprint density at radius 2 is 1.83 bits per heavy atom. The first-order valence-corrected chi connectivity index (χ1v) is 8.94. The Kier molecular flexibility index (Phi) is 4.08. The lowest BCUT2D eigenvalue weighted by molar-refractivity contribution is 0.122. The number of fused-ring (bicyclic) bond motifs is 1. The number of nitrogens with zero attached hydrogens (tertiary/aromatic N) is 3. The van der Waals surface area contributed by atoms with Crippen LogP contribution in [0.2, 0.25) is 0 Å². The summed E-state index contributed by atoms with van der Waals surface area (Å²) in [7, 11) is 0. The number of morpholine rings is 1. The van der Waals surface area contributed by atoms with Crippen molar-refractivity contribution in [3.8, 4) is 0 Å². The van der Waals surface area contributed by atoms with Gasteiger partial charge in [0.1, 0.15) is 17.0 Å². The Bertz CT molecular complexity index is 853. The summed E-state index contributed by atoms with van der Waals surface area (Å²) in [6, 6.07) is 8.51. The monoisotopic (exact) mass is 340 g/mol. The molecule has 4 rings (SSSR count). The van der Waals surface area contributed by atoms with E-state index < -0.39 is 0 Å². The molecule has 2 aromatic heterocycles. The van der Waals surface area contributed by atoms with E-state index >= 15 is 0 Å². The maximum Gasteiger partial charge on any atom is 0.142 e. The van der Waals surface area contributed by atoms with Crippen LogP contribution in [0.15, 0.2) is 30.6 Å². The lowest BCUT2D eigenvalue weighted by atomic mass is 10.2. The zero-order chi connectivity index (χ0) is 16.5. The lowest BCUT2D eigenvalue weighted by Crippen LogP contribution is -2.36. The SMILES string of the molecule is Cc1sc2ncnc(Nc3ccc(N4CCOCC4)cc3)c2c1C. The van der Waals surface area contributed by atoms with Gasteiger partial charge in [-0.05, 0) is 43.7 Å². The van der Waals surface area contributed by atoms with E-state index in [9.17, 15) is 0 Å². The average molecular weight is 340 g/mol. The number of nitrogens with one attached hydrogen (secondary N) is 1. The molecule has 0 aliphatic carbocycles. The van der Waals surface area contributed by atoms with Crippen LogP contribution in [0.4, 0.5) is 17.2 Å². The quantitative estimate of drug-likeness (QED) is 0.784. The highest BCUT2D eigenvalue weighted by molar-refractivity contribution is 7.18. The Hall–Kier alpha value is -2.18. The highest BCUT2D eigenvalue weighted by Gasteiger charge is 2.13. The number of aromatic nitrogens is 2. The van der Waals surface area contributed by atoms with Gasteiger partial charge >= 0.3 is 0 Å². The van der Waals surface area contributed by atoms with E-state index in [0.29, 0.717) is 0 Å². The van der Waals surface area contributed by atoms with Crippen molar-refractivity contribution in [2.75, 3.05) is 36.5 Å². The summed E-state index contributed by atoms with van der Waals surface area (Å²) >= 11 is 1.72. The van der Waals surface area contributed by atoms with Crippen molar-refractivity contribution in [2.24, 2.45) is 0 Å². The van der Waals surface area contributed by atoms with Crippen molar-refractivity contribution < 1.29 is 4.74 Å². The van der Waals surface area contributed by atoms with Crippen molar-refractivity contribution in [3.63, 3.8) is 0 Å². The Morgan fingerprint density at radius 3 is 2.58 bits per heavy atom. The van der Waals surface area contributed by atoms with Crippen LogP contribution in [-0.4, -0.2) is 36.3 Å². The maximum absolute atomic E-state index is 5.41. The molecule has 1 aliphatic rings. The molecule has 1 N–H and O–H groups in total. The van der Waals surface area contributed by atoms with E-state index in [4.69, 9.17) is 4.74 Å². The van der Waals surface area contributed by atoms with Crippen LogP contribution < -0.4 is 10.2 Å². The maximum atomic E-state index is 5.41. The van der Waals surface area contributed by atoms with E-state index in [-0.39, 0.29) is 0 Å². The molecule has 0 atom stereocenters. The van der Waals surface area contributed by atoms with Gasteiger partial charge in [-0.2, -0.15) is 0 Å². The van der Waals surface area contributed by atoms with Gasteiger partial charge in [0.05, 0.1) is 18.6 Å². The molecule has 6 heteroatoms. The number of anilines is 3. The molecule has 0 radical (unpaired) electrons. The van der Waals surface area contributed by atoms with Crippen LogP contribution in [0.1, 0.15) is 10.4 Å². The second kappa shape index (κ2) is 6.37. The fourth-order valence-electron chi connectivity index (χ4n) is 2.99.